The molecular formula is C21H25N3O2. The number of hydrogen-bond acceptors (Lipinski definition) is 5. The molecule has 0 spiro atoms. The maximum Gasteiger partial charge on any atom is 0.150 e. The molecule has 26 heavy (non-hydrogen) atoms. The Balaban J connectivity index is 1.45. The average molecular weight is 351 g/mol. The van der Waals surface area contributed by atoms with E-state index >= 15 is 0 Å². The number of fused-ring (bicyclic) bond motifs is 1. The smallest absolute Gasteiger partial charge is 0.150 e. The molecule has 5 nitrogen and oxygen atoms in total. The third-order valence-corrected chi connectivity index (χ3v) is 5.25. The zero-order valence-corrected chi connectivity index (χ0v) is 15.3. The minimum atomic E-state index is -0.325. The van der Waals surface area contributed by atoms with E-state index < -0.39 is 0 Å². The number of aliphatic hydroxyl groups is 1. The van der Waals surface area contributed by atoms with Crippen LogP contribution in [0.5, 0.6) is 0 Å². The Hall–Kier alpha value is -2.24. The second kappa shape index (κ2) is 7.17. The van der Waals surface area contributed by atoms with Crippen molar-refractivity contribution in [3.63, 3.8) is 0 Å². The molecule has 0 saturated carbocycles. The van der Waals surface area contributed by atoms with Crippen molar-refractivity contribution in [2.75, 3.05) is 13.1 Å². The van der Waals surface area contributed by atoms with Gasteiger partial charge in [-0.2, -0.15) is 0 Å². The molecule has 3 heterocycles. The van der Waals surface area contributed by atoms with Crippen molar-refractivity contribution in [1.82, 2.24) is 15.0 Å². The Morgan fingerprint density at radius 2 is 2.08 bits per heavy atom. The van der Waals surface area contributed by atoms with Gasteiger partial charge in [0.05, 0.1) is 23.9 Å². The first-order valence-corrected chi connectivity index (χ1v) is 9.28. The van der Waals surface area contributed by atoms with Gasteiger partial charge in [0, 0.05) is 36.7 Å². The summed E-state index contributed by atoms with van der Waals surface area (Å²) >= 11 is 0. The van der Waals surface area contributed by atoms with Crippen LogP contribution in [0.25, 0.3) is 10.9 Å². The van der Waals surface area contributed by atoms with Gasteiger partial charge in [-0.1, -0.05) is 37.2 Å². The van der Waals surface area contributed by atoms with Crippen molar-refractivity contribution >= 4 is 10.9 Å². The number of likely N-dealkylation sites (tertiary alicyclic amines) is 1. The summed E-state index contributed by atoms with van der Waals surface area (Å²) in [4.78, 5) is 6.68. The Bertz CT molecular complexity index is 884. The molecule has 3 aromatic rings. The van der Waals surface area contributed by atoms with E-state index in [4.69, 9.17) is 4.52 Å². The Morgan fingerprint density at radius 1 is 1.23 bits per heavy atom. The van der Waals surface area contributed by atoms with Crippen molar-refractivity contribution < 1.29 is 9.63 Å². The fraction of sp³-hybridized carbons (Fsp3) is 0.429. The standard InChI is InChI=1S/C21H25N3O2/c1-14(2)20-10-17(26-23-20)12-24-11-16(21(25)13-24)9-15-7-8-22-19-6-4-3-5-18(15)19/h3-8,10,14,16,21,25H,9,11-13H2,1-2H3/t16-,21-/m1/s1. The molecule has 1 saturated heterocycles. The molecule has 1 aliphatic rings. The van der Waals surface area contributed by atoms with E-state index in [0.29, 0.717) is 19.0 Å². The Kier molecular flexibility index (Phi) is 4.74. The quantitative estimate of drug-likeness (QED) is 0.763. The van der Waals surface area contributed by atoms with E-state index in [1.165, 1.54) is 10.9 Å². The van der Waals surface area contributed by atoms with Gasteiger partial charge in [-0.25, -0.2) is 0 Å². The molecule has 0 radical (unpaired) electrons. The van der Waals surface area contributed by atoms with Gasteiger partial charge in [0.1, 0.15) is 0 Å². The summed E-state index contributed by atoms with van der Waals surface area (Å²) in [6.45, 7) is 6.44. The summed E-state index contributed by atoms with van der Waals surface area (Å²) in [5.41, 5.74) is 3.25. The summed E-state index contributed by atoms with van der Waals surface area (Å²) in [5.74, 6) is 1.45. The van der Waals surface area contributed by atoms with E-state index in [1.807, 2.05) is 30.5 Å². The highest BCUT2D eigenvalue weighted by atomic mass is 16.5. The number of benzene rings is 1. The van der Waals surface area contributed by atoms with Crippen molar-refractivity contribution in [1.29, 1.82) is 0 Å². The van der Waals surface area contributed by atoms with Crippen LogP contribution in [0.2, 0.25) is 0 Å². The third-order valence-electron chi connectivity index (χ3n) is 5.25. The monoisotopic (exact) mass is 351 g/mol. The molecule has 136 valence electrons. The number of hydrogen-bond donors (Lipinski definition) is 1. The first kappa shape index (κ1) is 17.2. The predicted molar refractivity (Wildman–Crippen MR) is 101 cm³/mol. The second-order valence-electron chi connectivity index (χ2n) is 7.59. The van der Waals surface area contributed by atoms with Crippen LogP contribution >= 0.6 is 0 Å². The summed E-state index contributed by atoms with van der Waals surface area (Å²) < 4.78 is 5.45. The lowest BCUT2D eigenvalue weighted by Gasteiger charge is -2.15. The van der Waals surface area contributed by atoms with Crippen molar-refractivity contribution in [3.05, 3.63) is 59.6 Å². The van der Waals surface area contributed by atoms with E-state index in [-0.39, 0.29) is 12.0 Å². The highest BCUT2D eigenvalue weighted by molar-refractivity contribution is 5.81. The van der Waals surface area contributed by atoms with Gasteiger partial charge in [0.2, 0.25) is 0 Å². The highest BCUT2D eigenvalue weighted by Crippen LogP contribution is 2.26. The third kappa shape index (κ3) is 3.50. The highest BCUT2D eigenvalue weighted by Gasteiger charge is 2.32. The number of β-amino-alcohol motifs (C(OH)–C–C–N with tert-alkyl or cyclic N) is 1. The summed E-state index contributed by atoms with van der Waals surface area (Å²) in [6.07, 6.45) is 2.39. The normalized spacial score (nSPS) is 21.1. The lowest BCUT2D eigenvalue weighted by atomic mass is 9.94. The molecule has 1 fully saturated rings. The van der Waals surface area contributed by atoms with Gasteiger partial charge in [-0.05, 0) is 30.0 Å². The zero-order chi connectivity index (χ0) is 18.1. The average Bonchev–Trinajstić information content (AvgIpc) is 3.23. The molecule has 0 unspecified atom stereocenters. The summed E-state index contributed by atoms with van der Waals surface area (Å²) in [6, 6.07) is 12.3. The van der Waals surface area contributed by atoms with Crippen molar-refractivity contribution in [2.24, 2.45) is 5.92 Å². The summed E-state index contributed by atoms with van der Waals surface area (Å²) in [7, 11) is 0. The maximum absolute atomic E-state index is 10.6. The number of aliphatic hydroxyl groups excluding tert-OH is 1. The largest absolute Gasteiger partial charge is 0.391 e. The van der Waals surface area contributed by atoms with Crippen molar-refractivity contribution in [3.8, 4) is 0 Å². The molecule has 5 heteroatoms. The topological polar surface area (TPSA) is 62.4 Å². The molecule has 0 bridgehead atoms. The molecule has 1 aromatic carbocycles. The van der Waals surface area contributed by atoms with Crippen LogP contribution < -0.4 is 0 Å². The molecule has 4 rings (SSSR count). The fourth-order valence-electron chi connectivity index (χ4n) is 3.78. The number of rotatable bonds is 5. The number of nitrogens with zero attached hydrogens (tertiary/aromatic N) is 3. The lowest BCUT2D eigenvalue weighted by Crippen LogP contribution is -2.21. The molecule has 2 aromatic heterocycles. The van der Waals surface area contributed by atoms with E-state index in [0.717, 1.165) is 29.9 Å². The van der Waals surface area contributed by atoms with Gasteiger partial charge >= 0.3 is 0 Å². The van der Waals surface area contributed by atoms with Crippen molar-refractivity contribution in [2.45, 2.75) is 38.8 Å². The van der Waals surface area contributed by atoms with Crippen LogP contribution in [0.15, 0.2) is 47.1 Å². The van der Waals surface area contributed by atoms with E-state index in [9.17, 15) is 5.11 Å². The minimum absolute atomic E-state index is 0.216. The molecule has 2 atom stereocenters. The van der Waals surface area contributed by atoms with Crippen LogP contribution in [-0.4, -0.2) is 39.3 Å². The van der Waals surface area contributed by atoms with Crippen LogP contribution in [0.4, 0.5) is 0 Å². The Labute approximate surface area is 153 Å². The SMILES string of the molecule is CC(C)c1cc(CN2C[C@@H](Cc3ccnc4ccccc34)[C@H](O)C2)on1. The molecule has 1 aliphatic heterocycles. The van der Waals surface area contributed by atoms with Gasteiger partial charge < -0.3 is 9.63 Å². The van der Waals surface area contributed by atoms with E-state index in [1.54, 1.807) is 0 Å². The van der Waals surface area contributed by atoms with E-state index in [2.05, 4.69) is 41.0 Å². The van der Waals surface area contributed by atoms with Gasteiger partial charge in [-0.15, -0.1) is 0 Å². The summed E-state index contributed by atoms with van der Waals surface area (Å²) in [5, 5.41) is 15.9. The molecule has 0 amide bonds. The van der Waals surface area contributed by atoms with Crippen LogP contribution in [-0.2, 0) is 13.0 Å². The molecule has 1 N–H and O–H groups in total. The Morgan fingerprint density at radius 3 is 2.88 bits per heavy atom. The van der Waals surface area contributed by atoms with Crippen LogP contribution in [0.1, 0.15) is 36.8 Å². The second-order valence-corrected chi connectivity index (χ2v) is 7.59. The lowest BCUT2D eigenvalue weighted by molar-refractivity contribution is 0.140. The maximum atomic E-state index is 10.6. The van der Waals surface area contributed by atoms with Crippen LogP contribution in [0.3, 0.4) is 0 Å². The van der Waals surface area contributed by atoms with Gasteiger partial charge in [-0.3, -0.25) is 9.88 Å². The first-order valence-electron chi connectivity index (χ1n) is 9.28. The predicted octanol–water partition coefficient (Wildman–Crippen LogP) is 3.38. The fourth-order valence-corrected chi connectivity index (χ4v) is 3.78. The minimum Gasteiger partial charge on any atom is -0.391 e. The van der Waals surface area contributed by atoms with Crippen LogP contribution in [0, 0.1) is 5.92 Å². The number of aromatic nitrogens is 2. The number of para-hydroxylation sites is 1. The van der Waals surface area contributed by atoms with Gasteiger partial charge in [0.25, 0.3) is 0 Å². The number of pyridine rings is 1. The molecular weight excluding hydrogens is 326 g/mol. The zero-order valence-electron chi connectivity index (χ0n) is 15.3. The first-order chi connectivity index (χ1) is 12.6. The molecule has 0 aliphatic carbocycles. The van der Waals surface area contributed by atoms with Gasteiger partial charge in [0.15, 0.2) is 5.76 Å².